The molecule has 1 heterocycles. The average molecular weight is 411 g/mol. The number of rotatable bonds is 7. The molecule has 0 radical (unpaired) electrons. The highest BCUT2D eigenvalue weighted by Gasteiger charge is 2.22. The van der Waals surface area contributed by atoms with Crippen LogP contribution >= 0.6 is 0 Å². The van der Waals surface area contributed by atoms with Gasteiger partial charge in [-0.25, -0.2) is 0 Å². The Labute approximate surface area is 178 Å². The fraction of sp³-hybridized carbons (Fsp3) is 0.391. The minimum atomic E-state index is -0.126. The molecule has 0 atom stereocenters. The van der Waals surface area contributed by atoms with Crippen LogP contribution in [0.25, 0.3) is 0 Å². The number of amides is 2. The molecule has 0 spiro atoms. The Kier molecular flexibility index (Phi) is 7.30. The minimum absolute atomic E-state index is 0.0509. The maximum atomic E-state index is 12.6. The van der Waals surface area contributed by atoms with E-state index in [0.717, 1.165) is 35.8 Å². The van der Waals surface area contributed by atoms with Crippen LogP contribution in [0.4, 0.5) is 11.4 Å². The van der Waals surface area contributed by atoms with Crippen molar-refractivity contribution in [1.29, 1.82) is 0 Å². The molecule has 7 nitrogen and oxygen atoms in total. The summed E-state index contributed by atoms with van der Waals surface area (Å²) in [6, 6.07) is 15.6. The summed E-state index contributed by atoms with van der Waals surface area (Å²) in [6.45, 7) is 5.32. The largest absolute Gasteiger partial charge is 0.497 e. The predicted molar refractivity (Wildman–Crippen MR) is 119 cm³/mol. The van der Waals surface area contributed by atoms with E-state index in [1.165, 1.54) is 0 Å². The van der Waals surface area contributed by atoms with Crippen molar-refractivity contribution in [3.05, 3.63) is 54.1 Å². The molecule has 1 N–H and O–H groups in total. The molecule has 160 valence electrons. The molecule has 2 aromatic rings. The van der Waals surface area contributed by atoms with Crippen LogP contribution in [0.15, 0.2) is 48.5 Å². The van der Waals surface area contributed by atoms with Crippen molar-refractivity contribution >= 4 is 23.2 Å². The Balaban J connectivity index is 1.42. The smallest absolute Gasteiger partial charge is 0.238 e. The summed E-state index contributed by atoms with van der Waals surface area (Å²) in [5.74, 6) is 0.760. The number of hydrogen-bond acceptors (Lipinski definition) is 5. The number of anilines is 2. The first kappa shape index (κ1) is 21.6. The van der Waals surface area contributed by atoms with E-state index in [-0.39, 0.29) is 24.9 Å². The van der Waals surface area contributed by atoms with Crippen LogP contribution in [-0.2, 0) is 9.59 Å². The maximum Gasteiger partial charge on any atom is 0.238 e. The minimum Gasteiger partial charge on any atom is -0.497 e. The number of piperazine rings is 1. The lowest BCUT2D eigenvalue weighted by molar-refractivity contribution is -0.132. The molecule has 3 rings (SSSR count). The first-order valence-electron chi connectivity index (χ1n) is 10.2. The van der Waals surface area contributed by atoms with E-state index in [9.17, 15) is 9.59 Å². The van der Waals surface area contributed by atoms with Gasteiger partial charge in [0, 0.05) is 37.6 Å². The van der Waals surface area contributed by atoms with Gasteiger partial charge < -0.3 is 19.9 Å². The van der Waals surface area contributed by atoms with Gasteiger partial charge in [0.05, 0.1) is 20.2 Å². The molecule has 0 bridgehead atoms. The molecule has 2 amide bonds. The lowest BCUT2D eigenvalue weighted by Gasteiger charge is -2.36. The molecule has 7 heteroatoms. The van der Waals surface area contributed by atoms with E-state index in [4.69, 9.17) is 4.74 Å². The zero-order valence-corrected chi connectivity index (χ0v) is 17.9. The zero-order valence-electron chi connectivity index (χ0n) is 17.9. The van der Waals surface area contributed by atoms with Crippen LogP contribution in [0.2, 0.25) is 0 Å². The maximum absolute atomic E-state index is 12.6. The van der Waals surface area contributed by atoms with Crippen molar-refractivity contribution in [3.63, 3.8) is 0 Å². The summed E-state index contributed by atoms with van der Waals surface area (Å²) < 4.78 is 5.20. The quantitative estimate of drug-likeness (QED) is 0.758. The lowest BCUT2D eigenvalue weighted by Crippen LogP contribution is -2.51. The fourth-order valence-corrected chi connectivity index (χ4v) is 3.48. The molecule has 0 aliphatic carbocycles. The second kappa shape index (κ2) is 10.1. The number of likely N-dealkylation sites (N-methyl/N-ethyl adjacent to an activating group) is 1. The summed E-state index contributed by atoms with van der Waals surface area (Å²) in [5.41, 5.74) is 3.04. The van der Waals surface area contributed by atoms with Gasteiger partial charge in [0.15, 0.2) is 0 Å². The highest BCUT2D eigenvalue weighted by Crippen LogP contribution is 2.20. The van der Waals surface area contributed by atoms with Crippen LogP contribution in [0.1, 0.15) is 5.56 Å². The Morgan fingerprint density at radius 2 is 1.60 bits per heavy atom. The summed E-state index contributed by atoms with van der Waals surface area (Å²) in [7, 11) is 3.45. The third-order valence-corrected chi connectivity index (χ3v) is 5.22. The first-order chi connectivity index (χ1) is 14.4. The SMILES string of the molecule is COc1ccc(N2CCN(C(=O)CN(C)CC(=O)Nc3ccc(C)cc3)CC2)cc1. The molecule has 0 aromatic heterocycles. The molecular formula is C23H30N4O3. The molecule has 2 aromatic carbocycles. The van der Waals surface area contributed by atoms with Crippen LogP contribution in [0.5, 0.6) is 5.75 Å². The Morgan fingerprint density at radius 1 is 0.967 bits per heavy atom. The third kappa shape index (κ3) is 5.97. The molecule has 1 aliphatic rings. The fourth-order valence-electron chi connectivity index (χ4n) is 3.48. The van der Waals surface area contributed by atoms with Gasteiger partial charge in [-0.15, -0.1) is 0 Å². The summed E-state index contributed by atoms with van der Waals surface area (Å²) in [4.78, 5) is 30.7. The lowest BCUT2D eigenvalue weighted by atomic mass is 10.2. The van der Waals surface area contributed by atoms with Gasteiger partial charge in [-0.05, 0) is 50.4 Å². The second-order valence-electron chi connectivity index (χ2n) is 7.65. The highest BCUT2D eigenvalue weighted by molar-refractivity contribution is 5.92. The monoisotopic (exact) mass is 410 g/mol. The van der Waals surface area contributed by atoms with E-state index in [2.05, 4.69) is 10.2 Å². The van der Waals surface area contributed by atoms with Crippen LogP contribution in [0.3, 0.4) is 0 Å². The molecular weight excluding hydrogens is 380 g/mol. The number of benzene rings is 2. The van der Waals surface area contributed by atoms with Gasteiger partial charge in [0.1, 0.15) is 5.75 Å². The summed E-state index contributed by atoms with van der Waals surface area (Å²) in [5, 5.41) is 2.86. The van der Waals surface area contributed by atoms with Crippen molar-refractivity contribution in [2.45, 2.75) is 6.92 Å². The van der Waals surface area contributed by atoms with Gasteiger partial charge in [0.2, 0.25) is 11.8 Å². The van der Waals surface area contributed by atoms with Crippen molar-refractivity contribution in [1.82, 2.24) is 9.80 Å². The number of methoxy groups -OCH3 is 1. The van der Waals surface area contributed by atoms with Gasteiger partial charge in [-0.3, -0.25) is 14.5 Å². The average Bonchev–Trinajstić information content (AvgIpc) is 2.75. The van der Waals surface area contributed by atoms with Crippen molar-refractivity contribution in [2.75, 3.05) is 63.6 Å². The van der Waals surface area contributed by atoms with Gasteiger partial charge in [-0.2, -0.15) is 0 Å². The van der Waals surface area contributed by atoms with E-state index < -0.39 is 0 Å². The Hall–Kier alpha value is -3.06. The van der Waals surface area contributed by atoms with Crippen LogP contribution in [0, 0.1) is 6.92 Å². The molecule has 1 fully saturated rings. The van der Waals surface area contributed by atoms with Crippen LogP contribution in [-0.4, -0.2) is 75.0 Å². The van der Waals surface area contributed by atoms with Crippen molar-refractivity contribution in [2.24, 2.45) is 0 Å². The van der Waals surface area contributed by atoms with Crippen molar-refractivity contribution in [3.8, 4) is 5.75 Å². The van der Waals surface area contributed by atoms with E-state index >= 15 is 0 Å². The standard InChI is InChI=1S/C23H30N4O3/c1-18-4-6-19(7-5-18)24-22(28)16-25(2)17-23(29)27-14-12-26(13-15-27)20-8-10-21(30-3)11-9-20/h4-11H,12-17H2,1-3H3,(H,24,28). The topological polar surface area (TPSA) is 65.1 Å². The number of carbonyl (C=O) groups is 2. The first-order valence-corrected chi connectivity index (χ1v) is 10.2. The number of carbonyl (C=O) groups excluding carboxylic acids is 2. The number of hydrogen-bond donors (Lipinski definition) is 1. The zero-order chi connectivity index (χ0) is 21.5. The number of aryl methyl sites for hydroxylation is 1. The van der Waals surface area contributed by atoms with E-state index in [1.807, 2.05) is 60.4 Å². The number of nitrogens with zero attached hydrogens (tertiary/aromatic N) is 3. The van der Waals surface area contributed by atoms with Crippen LogP contribution < -0.4 is 15.0 Å². The van der Waals surface area contributed by atoms with E-state index in [0.29, 0.717) is 13.1 Å². The molecule has 0 unspecified atom stereocenters. The number of nitrogens with one attached hydrogen (secondary N) is 1. The predicted octanol–water partition coefficient (Wildman–Crippen LogP) is 2.22. The molecule has 1 aliphatic heterocycles. The van der Waals surface area contributed by atoms with Crippen molar-refractivity contribution < 1.29 is 14.3 Å². The van der Waals surface area contributed by atoms with Gasteiger partial charge in [-0.1, -0.05) is 17.7 Å². The highest BCUT2D eigenvalue weighted by atomic mass is 16.5. The van der Waals surface area contributed by atoms with E-state index in [1.54, 1.807) is 19.1 Å². The Morgan fingerprint density at radius 3 is 2.20 bits per heavy atom. The van der Waals surface area contributed by atoms with Gasteiger partial charge >= 0.3 is 0 Å². The third-order valence-electron chi connectivity index (χ3n) is 5.22. The summed E-state index contributed by atoms with van der Waals surface area (Å²) >= 11 is 0. The molecule has 1 saturated heterocycles. The Bertz CT molecular complexity index is 844. The normalized spacial score (nSPS) is 14.0. The number of ether oxygens (including phenoxy) is 1. The molecule has 30 heavy (non-hydrogen) atoms. The second-order valence-corrected chi connectivity index (χ2v) is 7.65. The van der Waals surface area contributed by atoms with Gasteiger partial charge in [0.25, 0.3) is 0 Å². The molecule has 0 saturated carbocycles. The summed E-state index contributed by atoms with van der Waals surface area (Å²) in [6.07, 6.45) is 0.